The van der Waals surface area contributed by atoms with Crippen molar-refractivity contribution in [3.8, 4) is 11.6 Å². The molecule has 1 saturated heterocycles. The Hall–Kier alpha value is -2.56. The summed E-state index contributed by atoms with van der Waals surface area (Å²) in [6.45, 7) is 7.21. The minimum absolute atomic E-state index is 0.202. The number of hydrogen-bond acceptors (Lipinski definition) is 4. The number of carbonyl (C=O) groups is 1. The molecule has 0 N–H and O–H groups in total. The van der Waals surface area contributed by atoms with Gasteiger partial charge in [0.15, 0.2) is 0 Å². The van der Waals surface area contributed by atoms with Gasteiger partial charge in [-0.25, -0.2) is 9.78 Å². The summed E-state index contributed by atoms with van der Waals surface area (Å²) >= 11 is 0. The lowest BCUT2D eigenvalue weighted by Gasteiger charge is -2.33. The molecule has 2 aromatic rings. The standard InChI is InChI=1S/C22H28N2O3/c1-22(2,3)27-21(25)24-13-10-17(11-14-24)15-18-7-6-8-19(16-18)26-20-9-4-5-12-23-20/h4-9,12,16-17H,10-11,13-15H2,1-3H3. The smallest absolute Gasteiger partial charge is 0.410 e. The van der Waals surface area contributed by atoms with Crippen molar-refractivity contribution in [3.63, 3.8) is 0 Å². The fraction of sp³-hybridized carbons (Fsp3) is 0.455. The van der Waals surface area contributed by atoms with E-state index in [1.165, 1.54) is 5.56 Å². The van der Waals surface area contributed by atoms with Crippen LogP contribution in [0.1, 0.15) is 39.2 Å². The van der Waals surface area contributed by atoms with Crippen LogP contribution in [0.15, 0.2) is 48.7 Å². The van der Waals surface area contributed by atoms with Crippen LogP contribution in [-0.2, 0) is 11.2 Å². The Morgan fingerprint density at radius 1 is 1.15 bits per heavy atom. The molecule has 2 heterocycles. The number of pyridine rings is 1. The number of likely N-dealkylation sites (tertiary alicyclic amines) is 1. The van der Waals surface area contributed by atoms with Gasteiger partial charge in [-0.05, 0) is 69.7 Å². The van der Waals surface area contributed by atoms with E-state index in [1.807, 2.05) is 56.0 Å². The first-order valence-electron chi connectivity index (χ1n) is 9.55. The highest BCUT2D eigenvalue weighted by molar-refractivity contribution is 5.68. The molecule has 1 aliphatic rings. The molecule has 0 bridgehead atoms. The summed E-state index contributed by atoms with van der Waals surface area (Å²) in [5.41, 5.74) is 0.807. The third kappa shape index (κ3) is 5.98. The van der Waals surface area contributed by atoms with Crippen molar-refractivity contribution in [3.05, 3.63) is 54.2 Å². The maximum atomic E-state index is 12.2. The molecule has 1 aliphatic heterocycles. The van der Waals surface area contributed by atoms with E-state index in [0.717, 1.165) is 38.1 Å². The van der Waals surface area contributed by atoms with Crippen LogP contribution in [0.5, 0.6) is 11.6 Å². The Bertz CT molecular complexity index is 748. The van der Waals surface area contributed by atoms with Crippen LogP contribution in [0.25, 0.3) is 0 Å². The Morgan fingerprint density at radius 2 is 1.93 bits per heavy atom. The van der Waals surface area contributed by atoms with Gasteiger partial charge in [0.1, 0.15) is 11.4 Å². The predicted molar refractivity (Wildman–Crippen MR) is 105 cm³/mol. The second-order valence-corrected chi connectivity index (χ2v) is 8.03. The third-order valence-corrected chi connectivity index (χ3v) is 4.55. The van der Waals surface area contributed by atoms with E-state index < -0.39 is 5.60 Å². The molecule has 0 unspecified atom stereocenters. The highest BCUT2D eigenvalue weighted by Gasteiger charge is 2.26. The molecule has 5 heteroatoms. The van der Waals surface area contributed by atoms with Crippen molar-refractivity contribution < 1.29 is 14.3 Å². The van der Waals surface area contributed by atoms with Gasteiger partial charge in [0.05, 0.1) is 0 Å². The normalized spacial score (nSPS) is 15.4. The maximum absolute atomic E-state index is 12.2. The summed E-state index contributed by atoms with van der Waals surface area (Å²) in [7, 11) is 0. The van der Waals surface area contributed by atoms with Gasteiger partial charge in [0.2, 0.25) is 5.88 Å². The second-order valence-electron chi connectivity index (χ2n) is 8.03. The van der Waals surface area contributed by atoms with Crippen LogP contribution in [-0.4, -0.2) is 34.7 Å². The van der Waals surface area contributed by atoms with Crippen LogP contribution in [0.4, 0.5) is 4.79 Å². The molecule has 1 fully saturated rings. The molecule has 1 aromatic heterocycles. The fourth-order valence-corrected chi connectivity index (χ4v) is 3.24. The van der Waals surface area contributed by atoms with E-state index in [1.54, 1.807) is 6.20 Å². The first kappa shape index (κ1) is 19.2. The van der Waals surface area contributed by atoms with Crippen molar-refractivity contribution in [2.75, 3.05) is 13.1 Å². The first-order valence-corrected chi connectivity index (χ1v) is 9.55. The van der Waals surface area contributed by atoms with Crippen LogP contribution >= 0.6 is 0 Å². The summed E-state index contributed by atoms with van der Waals surface area (Å²) in [6.07, 6.45) is 4.49. The second kappa shape index (κ2) is 8.42. The zero-order valence-electron chi connectivity index (χ0n) is 16.4. The lowest BCUT2D eigenvalue weighted by molar-refractivity contribution is 0.0184. The predicted octanol–water partition coefficient (Wildman–Crippen LogP) is 5.06. The van der Waals surface area contributed by atoms with Crippen LogP contribution in [0.3, 0.4) is 0 Å². The fourth-order valence-electron chi connectivity index (χ4n) is 3.24. The van der Waals surface area contributed by atoms with Gasteiger partial charge >= 0.3 is 6.09 Å². The summed E-state index contributed by atoms with van der Waals surface area (Å²) in [4.78, 5) is 18.2. The third-order valence-electron chi connectivity index (χ3n) is 4.55. The van der Waals surface area contributed by atoms with Crippen molar-refractivity contribution in [2.45, 2.75) is 45.6 Å². The molecular formula is C22H28N2O3. The highest BCUT2D eigenvalue weighted by Crippen LogP contribution is 2.26. The zero-order valence-corrected chi connectivity index (χ0v) is 16.4. The van der Waals surface area contributed by atoms with Gasteiger partial charge in [-0.3, -0.25) is 0 Å². The van der Waals surface area contributed by atoms with Crippen LogP contribution < -0.4 is 4.74 Å². The van der Waals surface area contributed by atoms with Gasteiger partial charge in [0.25, 0.3) is 0 Å². The SMILES string of the molecule is CC(C)(C)OC(=O)N1CCC(Cc2cccc(Oc3ccccn3)c2)CC1. The van der Waals surface area contributed by atoms with Gasteiger partial charge in [-0.2, -0.15) is 0 Å². The molecule has 5 nitrogen and oxygen atoms in total. The molecule has 144 valence electrons. The Kier molecular flexibility index (Phi) is 5.99. The Labute approximate surface area is 161 Å². The van der Waals surface area contributed by atoms with Crippen molar-refractivity contribution in [1.29, 1.82) is 0 Å². The molecule has 0 atom stereocenters. The Morgan fingerprint density at radius 3 is 2.59 bits per heavy atom. The monoisotopic (exact) mass is 368 g/mol. The van der Waals surface area contributed by atoms with E-state index in [-0.39, 0.29) is 6.09 Å². The van der Waals surface area contributed by atoms with Gasteiger partial charge in [-0.1, -0.05) is 18.2 Å². The van der Waals surface area contributed by atoms with E-state index in [2.05, 4.69) is 17.1 Å². The van der Waals surface area contributed by atoms with E-state index in [9.17, 15) is 4.79 Å². The number of ether oxygens (including phenoxy) is 2. The zero-order chi connectivity index (χ0) is 19.3. The molecule has 3 rings (SSSR count). The average molecular weight is 368 g/mol. The number of carbonyl (C=O) groups excluding carboxylic acids is 1. The molecule has 27 heavy (non-hydrogen) atoms. The quantitative estimate of drug-likeness (QED) is 0.756. The number of benzene rings is 1. The number of nitrogens with zero attached hydrogens (tertiary/aromatic N) is 2. The van der Waals surface area contributed by atoms with Crippen molar-refractivity contribution in [1.82, 2.24) is 9.88 Å². The molecule has 0 saturated carbocycles. The first-order chi connectivity index (χ1) is 12.9. The number of hydrogen-bond donors (Lipinski definition) is 0. The van der Waals surface area contributed by atoms with E-state index in [4.69, 9.17) is 9.47 Å². The largest absolute Gasteiger partial charge is 0.444 e. The summed E-state index contributed by atoms with van der Waals surface area (Å²) in [5, 5.41) is 0. The van der Waals surface area contributed by atoms with E-state index >= 15 is 0 Å². The molecule has 1 aromatic carbocycles. The highest BCUT2D eigenvalue weighted by atomic mass is 16.6. The molecule has 0 radical (unpaired) electrons. The van der Waals surface area contributed by atoms with Gasteiger partial charge in [0, 0.05) is 25.4 Å². The van der Waals surface area contributed by atoms with Crippen molar-refractivity contribution >= 4 is 6.09 Å². The lowest BCUT2D eigenvalue weighted by atomic mass is 9.90. The summed E-state index contributed by atoms with van der Waals surface area (Å²) in [5.74, 6) is 1.96. The van der Waals surface area contributed by atoms with E-state index in [0.29, 0.717) is 11.8 Å². The van der Waals surface area contributed by atoms with Crippen molar-refractivity contribution in [2.24, 2.45) is 5.92 Å². The number of aromatic nitrogens is 1. The lowest BCUT2D eigenvalue weighted by Crippen LogP contribution is -2.42. The number of amides is 1. The Balaban J connectivity index is 1.52. The molecule has 1 amide bonds. The van der Waals surface area contributed by atoms with Crippen LogP contribution in [0, 0.1) is 5.92 Å². The summed E-state index contributed by atoms with van der Waals surface area (Å²) < 4.78 is 11.3. The van der Waals surface area contributed by atoms with Crippen LogP contribution in [0.2, 0.25) is 0 Å². The number of piperidine rings is 1. The number of rotatable bonds is 4. The topological polar surface area (TPSA) is 51.7 Å². The maximum Gasteiger partial charge on any atom is 0.410 e. The summed E-state index contributed by atoms with van der Waals surface area (Å²) in [6, 6.07) is 13.8. The van der Waals surface area contributed by atoms with Gasteiger partial charge < -0.3 is 14.4 Å². The molecule has 0 aliphatic carbocycles. The minimum Gasteiger partial charge on any atom is -0.444 e. The molecular weight excluding hydrogens is 340 g/mol. The van der Waals surface area contributed by atoms with Gasteiger partial charge in [-0.15, -0.1) is 0 Å². The molecule has 0 spiro atoms. The average Bonchev–Trinajstić information content (AvgIpc) is 2.62. The minimum atomic E-state index is -0.442.